The summed E-state index contributed by atoms with van der Waals surface area (Å²) in [6, 6.07) is 3.52. The Hall–Kier alpha value is -1.20. The van der Waals surface area contributed by atoms with Gasteiger partial charge in [-0.25, -0.2) is 4.39 Å². The number of benzene rings is 1. The summed E-state index contributed by atoms with van der Waals surface area (Å²) in [5.74, 6) is -0.924. The lowest BCUT2D eigenvalue weighted by Gasteiger charge is -2.05. The van der Waals surface area contributed by atoms with Crippen LogP contribution in [0.3, 0.4) is 0 Å². The molecule has 0 atom stereocenters. The van der Waals surface area contributed by atoms with Gasteiger partial charge in [-0.1, -0.05) is 19.4 Å². The van der Waals surface area contributed by atoms with E-state index in [1.807, 2.05) is 6.92 Å². The third kappa shape index (κ3) is 3.15. The van der Waals surface area contributed by atoms with Crippen LogP contribution in [0.15, 0.2) is 18.2 Å². The number of ketones is 1. The molecule has 5 heteroatoms. The number of hydrogen-bond acceptors (Lipinski definition) is 3. The maximum atomic E-state index is 13.3. The summed E-state index contributed by atoms with van der Waals surface area (Å²) in [6.45, 7) is 1.94. The monoisotopic (exact) mass is 224 g/mol. The van der Waals surface area contributed by atoms with Gasteiger partial charge >= 0.3 is 7.12 Å². The number of unbranched alkanes of at least 4 members (excludes halogenated alkanes) is 1. The van der Waals surface area contributed by atoms with Crippen LogP contribution in [0.25, 0.3) is 0 Å². The molecule has 0 aliphatic carbocycles. The normalized spacial score (nSPS) is 10.2. The predicted molar refractivity (Wildman–Crippen MR) is 60.1 cm³/mol. The van der Waals surface area contributed by atoms with Crippen molar-refractivity contribution in [2.75, 3.05) is 0 Å². The topological polar surface area (TPSA) is 57.5 Å². The lowest BCUT2D eigenvalue weighted by atomic mass is 9.79. The highest BCUT2D eigenvalue weighted by Gasteiger charge is 2.17. The average molecular weight is 224 g/mol. The van der Waals surface area contributed by atoms with Crippen molar-refractivity contribution in [3.8, 4) is 0 Å². The van der Waals surface area contributed by atoms with Gasteiger partial charge in [0.05, 0.1) is 5.56 Å². The van der Waals surface area contributed by atoms with Gasteiger partial charge in [0.2, 0.25) is 0 Å². The summed E-state index contributed by atoms with van der Waals surface area (Å²) in [7, 11) is -1.68. The third-order valence-electron chi connectivity index (χ3n) is 2.35. The molecule has 0 spiro atoms. The van der Waals surface area contributed by atoms with Crippen LogP contribution >= 0.6 is 0 Å². The van der Waals surface area contributed by atoms with E-state index in [4.69, 9.17) is 10.0 Å². The highest BCUT2D eigenvalue weighted by molar-refractivity contribution is 6.58. The summed E-state index contributed by atoms with van der Waals surface area (Å²) in [4.78, 5) is 11.6. The van der Waals surface area contributed by atoms with Crippen molar-refractivity contribution in [1.82, 2.24) is 0 Å². The first-order valence-corrected chi connectivity index (χ1v) is 5.25. The molecule has 0 heterocycles. The van der Waals surface area contributed by atoms with E-state index in [-0.39, 0.29) is 23.2 Å². The number of rotatable bonds is 5. The maximum absolute atomic E-state index is 13.3. The van der Waals surface area contributed by atoms with E-state index >= 15 is 0 Å². The van der Waals surface area contributed by atoms with Gasteiger partial charge in [-0.3, -0.25) is 4.79 Å². The van der Waals surface area contributed by atoms with Crippen LogP contribution in [0.5, 0.6) is 0 Å². The van der Waals surface area contributed by atoms with Crippen LogP contribution in [-0.4, -0.2) is 22.9 Å². The fraction of sp³-hybridized carbons (Fsp3) is 0.364. The quantitative estimate of drug-likeness (QED) is 0.576. The van der Waals surface area contributed by atoms with E-state index < -0.39 is 12.9 Å². The first-order chi connectivity index (χ1) is 7.56. The molecule has 16 heavy (non-hydrogen) atoms. The van der Waals surface area contributed by atoms with Crippen molar-refractivity contribution in [3.63, 3.8) is 0 Å². The van der Waals surface area contributed by atoms with E-state index in [1.54, 1.807) is 0 Å². The second-order valence-electron chi connectivity index (χ2n) is 3.64. The van der Waals surface area contributed by atoms with Crippen molar-refractivity contribution in [3.05, 3.63) is 29.6 Å². The molecule has 1 rings (SSSR count). The molecule has 0 fully saturated rings. The Balaban J connectivity index is 2.93. The molecule has 0 aliphatic rings. The zero-order chi connectivity index (χ0) is 12.1. The smallest absolute Gasteiger partial charge is 0.423 e. The summed E-state index contributed by atoms with van der Waals surface area (Å²) in [5.41, 5.74) is 0.0558. The van der Waals surface area contributed by atoms with E-state index in [9.17, 15) is 9.18 Å². The van der Waals surface area contributed by atoms with Crippen LogP contribution in [0, 0.1) is 5.82 Å². The van der Waals surface area contributed by atoms with Crippen LogP contribution in [0.4, 0.5) is 4.39 Å². The molecule has 0 saturated heterocycles. The average Bonchev–Trinajstić information content (AvgIpc) is 2.26. The Bertz CT molecular complexity index is 379. The number of carbonyl (C=O) groups excluding carboxylic acids is 1. The molecule has 1 aromatic carbocycles. The minimum atomic E-state index is -1.68. The molecule has 86 valence electrons. The molecule has 0 amide bonds. The molecule has 0 unspecified atom stereocenters. The summed E-state index contributed by atoms with van der Waals surface area (Å²) in [5, 5.41) is 17.8. The first-order valence-electron chi connectivity index (χ1n) is 5.25. The molecular formula is C11H14BFO3. The molecule has 1 aromatic rings. The third-order valence-corrected chi connectivity index (χ3v) is 2.35. The zero-order valence-corrected chi connectivity index (χ0v) is 9.11. The molecule has 0 saturated carbocycles. The van der Waals surface area contributed by atoms with E-state index in [0.717, 1.165) is 12.5 Å². The van der Waals surface area contributed by atoms with Crippen molar-refractivity contribution in [2.24, 2.45) is 0 Å². The van der Waals surface area contributed by atoms with Gasteiger partial charge in [-0.15, -0.1) is 0 Å². The van der Waals surface area contributed by atoms with E-state index in [1.165, 1.54) is 12.1 Å². The summed E-state index contributed by atoms with van der Waals surface area (Å²) < 4.78 is 13.3. The molecule has 0 aromatic heterocycles. The Labute approximate surface area is 94.1 Å². The minimum Gasteiger partial charge on any atom is -0.423 e. The van der Waals surface area contributed by atoms with E-state index in [0.29, 0.717) is 6.42 Å². The summed E-state index contributed by atoms with van der Waals surface area (Å²) in [6.07, 6.45) is 1.83. The Morgan fingerprint density at radius 3 is 2.69 bits per heavy atom. The Kier molecular flexibility index (Phi) is 4.64. The van der Waals surface area contributed by atoms with E-state index in [2.05, 4.69) is 0 Å². The SMILES string of the molecule is CCCCC(=O)c1cc(B(O)O)ccc1F. The lowest BCUT2D eigenvalue weighted by Crippen LogP contribution is -2.30. The molecule has 2 N–H and O–H groups in total. The van der Waals surface area contributed by atoms with Gasteiger partial charge in [-0.05, 0) is 24.0 Å². The molecule has 0 radical (unpaired) electrons. The minimum absolute atomic E-state index is 0.0703. The Morgan fingerprint density at radius 2 is 2.12 bits per heavy atom. The zero-order valence-electron chi connectivity index (χ0n) is 9.11. The standard InChI is InChI=1S/C11H14BFO3/c1-2-3-4-11(14)9-7-8(12(15)16)5-6-10(9)13/h5-7,15-16H,2-4H2,1H3. The second kappa shape index (κ2) is 5.77. The van der Waals surface area contributed by atoms with Gasteiger partial charge in [0, 0.05) is 6.42 Å². The van der Waals surface area contributed by atoms with Crippen LogP contribution in [0.2, 0.25) is 0 Å². The van der Waals surface area contributed by atoms with Crippen LogP contribution < -0.4 is 5.46 Å². The van der Waals surface area contributed by atoms with Crippen LogP contribution in [-0.2, 0) is 0 Å². The first kappa shape index (κ1) is 12.9. The van der Waals surface area contributed by atoms with Crippen molar-refractivity contribution >= 4 is 18.4 Å². The van der Waals surface area contributed by atoms with Gasteiger partial charge in [0.15, 0.2) is 5.78 Å². The van der Waals surface area contributed by atoms with Gasteiger partial charge < -0.3 is 10.0 Å². The maximum Gasteiger partial charge on any atom is 0.488 e. The fourth-order valence-corrected chi connectivity index (χ4v) is 1.39. The molecule has 3 nitrogen and oxygen atoms in total. The van der Waals surface area contributed by atoms with Crippen molar-refractivity contribution in [2.45, 2.75) is 26.2 Å². The number of carbonyl (C=O) groups is 1. The lowest BCUT2D eigenvalue weighted by molar-refractivity contribution is 0.0976. The Morgan fingerprint density at radius 1 is 1.44 bits per heavy atom. The molecule has 0 aliphatic heterocycles. The van der Waals surface area contributed by atoms with Gasteiger partial charge in [0.1, 0.15) is 5.82 Å². The largest absolute Gasteiger partial charge is 0.488 e. The molecule has 0 bridgehead atoms. The van der Waals surface area contributed by atoms with Gasteiger partial charge in [-0.2, -0.15) is 0 Å². The predicted octanol–water partition coefficient (Wildman–Crippen LogP) is 0.878. The summed E-state index contributed by atoms with van der Waals surface area (Å²) >= 11 is 0. The van der Waals surface area contributed by atoms with Gasteiger partial charge in [0.25, 0.3) is 0 Å². The second-order valence-corrected chi connectivity index (χ2v) is 3.64. The number of hydrogen-bond donors (Lipinski definition) is 2. The highest BCUT2D eigenvalue weighted by atomic mass is 19.1. The van der Waals surface area contributed by atoms with Crippen molar-refractivity contribution < 1.29 is 19.2 Å². The fourth-order valence-electron chi connectivity index (χ4n) is 1.39. The van der Waals surface area contributed by atoms with Crippen molar-refractivity contribution in [1.29, 1.82) is 0 Å². The highest BCUT2D eigenvalue weighted by Crippen LogP contribution is 2.10. The molecular weight excluding hydrogens is 210 g/mol. The number of Topliss-reactive ketones (excluding diaryl/α,β-unsaturated/α-hetero) is 1. The van der Waals surface area contributed by atoms with Crippen LogP contribution in [0.1, 0.15) is 36.5 Å². The number of halogens is 1.